The van der Waals surface area contributed by atoms with E-state index in [2.05, 4.69) is 15.5 Å². The van der Waals surface area contributed by atoms with Crippen molar-refractivity contribution in [1.29, 1.82) is 0 Å². The number of sulfone groups is 1. The van der Waals surface area contributed by atoms with Crippen molar-refractivity contribution >= 4 is 21.6 Å². The Bertz CT molecular complexity index is 896. The highest BCUT2D eigenvalue weighted by atomic mass is 32.2. The quantitative estimate of drug-likeness (QED) is 0.810. The topological polar surface area (TPSA) is 92.3 Å². The largest absolute Gasteiger partial charge is 0.351 e. The maximum Gasteiger partial charge on any atom is 0.272 e. The number of anilines is 1. The molecule has 0 spiro atoms. The van der Waals surface area contributed by atoms with Crippen LogP contribution in [0, 0.1) is 6.92 Å². The fraction of sp³-hybridized carbons (Fsp3) is 0.421. The number of hydrogen-bond donors (Lipinski definition) is 1. The van der Waals surface area contributed by atoms with Crippen molar-refractivity contribution in [3.63, 3.8) is 0 Å². The summed E-state index contributed by atoms with van der Waals surface area (Å²) in [6, 6.07) is 11.2. The number of nitrogens with zero attached hydrogens (tertiary/aromatic N) is 3. The summed E-state index contributed by atoms with van der Waals surface area (Å²) < 4.78 is 23.5. The molecular formula is C19H24N4O3S. The summed E-state index contributed by atoms with van der Waals surface area (Å²) in [7, 11) is -2.97. The molecule has 1 N–H and O–H groups in total. The predicted octanol–water partition coefficient (Wildman–Crippen LogP) is 1.73. The van der Waals surface area contributed by atoms with Gasteiger partial charge in [0.25, 0.3) is 5.91 Å². The number of carbonyl (C=O) groups excluding carboxylic acids is 1. The summed E-state index contributed by atoms with van der Waals surface area (Å²) >= 11 is 0. The molecule has 7 nitrogen and oxygen atoms in total. The zero-order valence-corrected chi connectivity index (χ0v) is 16.4. The van der Waals surface area contributed by atoms with E-state index in [0.29, 0.717) is 25.3 Å². The van der Waals surface area contributed by atoms with Gasteiger partial charge in [-0.25, -0.2) is 8.42 Å². The molecular weight excluding hydrogens is 364 g/mol. The normalized spacial score (nSPS) is 18.2. The number of benzene rings is 1. The maximum absolute atomic E-state index is 12.3. The Labute approximate surface area is 159 Å². The molecule has 1 unspecified atom stereocenters. The van der Waals surface area contributed by atoms with Crippen molar-refractivity contribution in [2.24, 2.45) is 0 Å². The molecule has 2 aromatic rings. The van der Waals surface area contributed by atoms with Crippen LogP contribution < -0.4 is 10.2 Å². The summed E-state index contributed by atoms with van der Waals surface area (Å²) in [5, 5.41) is 11.0. The molecule has 1 amide bonds. The van der Waals surface area contributed by atoms with Crippen LogP contribution in [0.1, 0.15) is 35.0 Å². The molecule has 1 saturated heterocycles. The molecule has 1 fully saturated rings. The van der Waals surface area contributed by atoms with Gasteiger partial charge in [0.1, 0.15) is 0 Å². The summed E-state index contributed by atoms with van der Waals surface area (Å²) in [6.45, 7) is 5.02. The van der Waals surface area contributed by atoms with Gasteiger partial charge in [-0.05, 0) is 38.0 Å². The van der Waals surface area contributed by atoms with E-state index >= 15 is 0 Å². The van der Waals surface area contributed by atoms with Gasteiger partial charge in [-0.15, -0.1) is 10.2 Å². The Morgan fingerprint density at radius 3 is 2.48 bits per heavy atom. The Hall–Kier alpha value is -2.48. The third kappa shape index (κ3) is 4.82. The highest BCUT2D eigenvalue weighted by Gasteiger charge is 2.32. The summed E-state index contributed by atoms with van der Waals surface area (Å²) in [4.78, 5) is 14.2. The predicted molar refractivity (Wildman–Crippen MR) is 104 cm³/mol. The third-order valence-corrected chi connectivity index (χ3v) is 6.49. The van der Waals surface area contributed by atoms with Crippen LogP contribution in [0.4, 0.5) is 5.82 Å². The number of nitrogens with one attached hydrogen (secondary N) is 1. The van der Waals surface area contributed by atoms with Crippen molar-refractivity contribution < 1.29 is 13.2 Å². The fourth-order valence-corrected chi connectivity index (χ4v) is 4.94. The van der Waals surface area contributed by atoms with E-state index in [9.17, 15) is 13.2 Å². The molecule has 2 heterocycles. The average Bonchev–Trinajstić information content (AvgIpc) is 3.02. The smallest absolute Gasteiger partial charge is 0.272 e. The lowest BCUT2D eigenvalue weighted by molar-refractivity contribution is 0.0945. The molecule has 1 aliphatic heterocycles. The number of rotatable bonds is 6. The average molecular weight is 388 g/mol. The molecule has 0 bridgehead atoms. The number of amides is 1. The summed E-state index contributed by atoms with van der Waals surface area (Å²) in [5.41, 5.74) is 2.42. The van der Waals surface area contributed by atoms with Crippen LogP contribution in [0.2, 0.25) is 0 Å². The van der Waals surface area contributed by atoms with E-state index in [0.717, 1.165) is 5.56 Å². The highest BCUT2D eigenvalue weighted by Crippen LogP contribution is 2.22. The van der Waals surface area contributed by atoms with E-state index in [1.807, 2.05) is 43.0 Å². The lowest BCUT2D eigenvalue weighted by atomic mass is 10.1. The molecule has 1 aliphatic rings. The highest BCUT2D eigenvalue weighted by molar-refractivity contribution is 7.91. The third-order valence-electron chi connectivity index (χ3n) is 4.74. The van der Waals surface area contributed by atoms with Gasteiger partial charge >= 0.3 is 0 Å². The van der Waals surface area contributed by atoms with E-state index < -0.39 is 9.84 Å². The van der Waals surface area contributed by atoms with E-state index in [-0.39, 0.29) is 29.1 Å². The minimum absolute atomic E-state index is 0.0875. The van der Waals surface area contributed by atoms with Gasteiger partial charge < -0.3 is 10.2 Å². The first kappa shape index (κ1) is 19.3. The number of aromatic nitrogens is 2. The van der Waals surface area contributed by atoms with Gasteiger partial charge in [-0.1, -0.05) is 29.8 Å². The van der Waals surface area contributed by atoms with Crippen molar-refractivity contribution in [3.05, 3.63) is 53.2 Å². The second kappa shape index (κ2) is 8.04. The second-order valence-corrected chi connectivity index (χ2v) is 9.02. The molecule has 144 valence electrons. The zero-order chi connectivity index (χ0) is 19.4. The molecule has 8 heteroatoms. The molecule has 1 aromatic heterocycles. The van der Waals surface area contributed by atoms with Crippen LogP contribution >= 0.6 is 0 Å². The number of hydrogen-bond acceptors (Lipinski definition) is 6. The first-order valence-electron chi connectivity index (χ1n) is 9.02. The Kier molecular flexibility index (Phi) is 5.74. The van der Waals surface area contributed by atoms with Crippen LogP contribution in [-0.2, 0) is 16.4 Å². The molecule has 0 radical (unpaired) electrons. The molecule has 0 aliphatic carbocycles. The van der Waals surface area contributed by atoms with Crippen LogP contribution in [0.15, 0.2) is 36.4 Å². The number of aryl methyl sites for hydroxylation is 1. The van der Waals surface area contributed by atoms with E-state index in [1.165, 1.54) is 5.56 Å². The minimum atomic E-state index is -2.97. The van der Waals surface area contributed by atoms with E-state index in [1.54, 1.807) is 12.1 Å². The van der Waals surface area contributed by atoms with Gasteiger partial charge in [-0.2, -0.15) is 0 Å². The fourth-order valence-electron chi connectivity index (χ4n) is 3.21. The molecule has 1 atom stereocenters. The van der Waals surface area contributed by atoms with Gasteiger partial charge in [0, 0.05) is 19.1 Å². The Balaban J connectivity index is 1.63. The lowest BCUT2D eigenvalue weighted by Gasteiger charge is -2.27. The lowest BCUT2D eigenvalue weighted by Crippen LogP contribution is -2.37. The Morgan fingerprint density at radius 2 is 1.93 bits per heavy atom. The van der Waals surface area contributed by atoms with Gasteiger partial charge in [0.15, 0.2) is 21.3 Å². The Morgan fingerprint density at radius 1 is 1.19 bits per heavy atom. The van der Waals surface area contributed by atoms with Crippen molar-refractivity contribution in [2.75, 3.05) is 23.0 Å². The maximum atomic E-state index is 12.3. The monoisotopic (exact) mass is 388 g/mol. The first-order chi connectivity index (χ1) is 12.9. The van der Waals surface area contributed by atoms with Crippen LogP contribution in [0.5, 0.6) is 0 Å². The van der Waals surface area contributed by atoms with E-state index in [4.69, 9.17) is 0 Å². The second-order valence-electron chi connectivity index (χ2n) is 6.79. The molecule has 0 saturated carbocycles. The van der Waals surface area contributed by atoms with Gasteiger partial charge in [0.05, 0.1) is 11.5 Å². The van der Waals surface area contributed by atoms with Crippen molar-refractivity contribution in [1.82, 2.24) is 15.5 Å². The zero-order valence-electron chi connectivity index (χ0n) is 15.6. The van der Waals surface area contributed by atoms with Crippen LogP contribution in [-0.4, -0.2) is 48.6 Å². The van der Waals surface area contributed by atoms with Gasteiger partial charge in [0.2, 0.25) is 0 Å². The number of carbonyl (C=O) groups is 1. The SMILES string of the molecule is CCN(c1ccc(C(=O)NCc2ccc(C)cc2)nn1)C1CCS(=O)(=O)C1. The summed E-state index contributed by atoms with van der Waals surface area (Å²) in [6.07, 6.45) is 0.594. The van der Waals surface area contributed by atoms with Crippen molar-refractivity contribution in [3.8, 4) is 0 Å². The van der Waals surface area contributed by atoms with Crippen LogP contribution in [0.25, 0.3) is 0 Å². The molecule has 1 aromatic carbocycles. The standard InChI is InChI=1S/C19H24N4O3S/c1-3-23(16-10-11-27(25,26)13-16)18-9-8-17(21-22-18)19(24)20-12-15-6-4-14(2)5-7-15/h4-9,16H,3,10-13H2,1-2H3,(H,20,24). The molecule has 27 heavy (non-hydrogen) atoms. The van der Waals surface area contributed by atoms with Gasteiger partial charge in [-0.3, -0.25) is 4.79 Å². The summed E-state index contributed by atoms with van der Waals surface area (Å²) in [5.74, 6) is 0.651. The minimum Gasteiger partial charge on any atom is -0.351 e. The van der Waals surface area contributed by atoms with Crippen LogP contribution in [0.3, 0.4) is 0 Å². The van der Waals surface area contributed by atoms with Crippen molar-refractivity contribution in [2.45, 2.75) is 32.9 Å². The molecule has 3 rings (SSSR count). The first-order valence-corrected chi connectivity index (χ1v) is 10.8.